The molecule has 2 aliphatic rings. The molecule has 0 spiro atoms. The second kappa shape index (κ2) is 4.81. The first-order valence-electron chi connectivity index (χ1n) is 6.23. The number of aliphatic hydroxyl groups is 1. The second-order valence-electron chi connectivity index (χ2n) is 5.37. The van der Waals surface area contributed by atoms with E-state index in [1.54, 1.807) is 0 Å². The lowest BCUT2D eigenvalue weighted by Crippen LogP contribution is -2.41. The van der Waals surface area contributed by atoms with Crippen molar-refractivity contribution in [3.63, 3.8) is 0 Å². The smallest absolute Gasteiger partial charge is 0.0612 e. The Labute approximate surface area is 92.0 Å². The van der Waals surface area contributed by atoms with E-state index in [-0.39, 0.29) is 12.1 Å². The molecule has 0 aromatic rings. The zero-order valence-electron chi connectivity index (χ0n) is 9.45. The van der Waals surface area contributed by atoms with Gasteiger partial charge in [0.15, 0.2) is 0 Å². The van der Waals surface area contributed by atoms with Crippen LogP contribution in [0.4, 0.5) is 0 Å². The predicted molar refractivity (Wildman–Crippen MR) is 59.6 cm³/mol. The highest BCUT2D eigenvalue weighted by molar-refractivity contribution is 4.93. The van der Waals surface area contributed by atoms with Crippen LogP contribution in [0.25, 0.3) is 0 Å². The Hall–Kier alpha value is -0.120. The Bertz CT molecular complexity index is 204. The maximum Gasteiger partial charge on any atom is 0.0612 e. The Morgan fingerprint density at radius 1 is 1.27 bits per heavy atom. The van der Waals surface area contributed by atoms with Crippen molar-refractivity contribution >= 4 is 0 Å². The first-order chi connectivity index (χ1) is 7.22. The molecule has 2 unspecified atom stereocenters. The molecule has 3 heteroatoms. The maximum absolute atomic E-state index is 9.14. The molecule has 3 nitrogen and oxygen atoms in total. The number of hydrogen-bond acceptors (Lipinski definition) is 3. The summed E-state index contributed by atoms with van der Waals surface area (Å²) in [7, 11) is 0. The lowest BCUT2D eigenvalue weighted by atomic mass is 10.0. The Balaban J connectivity index is 1.68. The molecule has 0 heterocycles. The van der Waals surface area contributed by atoms with Crippen molar-refractivity contribution in [2.75, 3.05) is 13.2 Å². The molecule has 15 heavy (non-hydrogen) atoms. The zero-order valence-corrected chi connectivity index (χ0v) is 9.45. The van der Waals surface area contributed by atoms with Crippen LogP contribution < -0.4 is 5.73 Å². The van der Waals surface area contributed by atoms with E-state index in [9.17, 15) is 0 Å². The van der Waals surface area contributed by atoms with Crippen molar-refractivity contribution in [1.82, 2.24) is 0 Å². The quantitative estimate of drug-likeness (QED) is 0.743. The van der Waals surface area contributed by atoms with Crippen molar-refractivity contribution in [2.45, 2.75) is 56.6 Å². The molecule has 0 amide bonds. The van der Waals surface area contributed by atoms with Gasteiger partial charge in [0.25, 0.3) is 0 Å². The van der Waals surface area contributed by atoms with Gasteiger partial charge in [0.05, 0.1) is 12.7 Å². The van der Waals surface area contributed by atoms with E-state index in [1.165, 1.54) is 25.7 Å². The van der Waals surface area contributed by atoms with Crippen molar-refractivity contribution in [3.05, 3.63) is 0 Å². The zero-order chi connectivity index (χ0) is 10.7. The monoisotopic (exact) mass is 213 g/mol. The van der Waals surface area contributed by atoms with Gasteiger partial charge in [0, 0.05) is 12.1 Å². The van der Waals surface area contributed by atoms with Crippen LogP contribution in [0.5, 0.6) is 0 Å². The Morgan fingerprint density at radius 3 is 2.60 bits per heavy atom. The lowest BCUT2D eigenvalue weighted by Gasteiger charge is -2.21. The lowest BCUT2D eigenvalue weighted by molar-refractivity contribution is 0.0287. The molecular weight excluding hydrogens is 190 g/mol. The molecule has 0 radical (unpaired) electrons. The SMILES string of the molecule is NC1(CO)CCC(OCC2CCCC2)C1. The van der Waals surface area contributed by atoms with Gasteiger partial charge >= 0.3 is 0 Å². The van der Waals surface area contributed by atoms with Crippen LogP contribution >= 0.6 is 0 Å². The van der Waals surface area contributed by atoms with Crippen LogP contribution in [0.15, 0.2) is 0 Å². The minimum atomic E-state index is -0.361. The summed E-state index contributed by atoms with van der Waals surface area (Å²) >= 11 is 0. The van der Waals surface area contributed by atoms with Crippen molar-refractivity contribution in [1.29, 1.82) is 0 Å². The topological polar surface area (TPSA) is 55.5 Å². The molecule has 2 rings (SSSR count). The number of hydrogen-bond donors (Lipinski definition) is 2. The number of nitrogens with two attached hydrogens (primary N) is 1. The van der Waals surface area contributed by atoms with Gasteiger partial charge in [-0.1, -0.05) is 12.8 Å². The van der Waals surface area contributed by atoms with Gasteiger partial charge in [0.1, 0.15) is 0 Å². The third kappa shape index (κ3) is 2.92. The van der Waals surface area contributed by atoms with Crippen LogP contribution in [-0.2, 0) is 4.74 Å². The van der Waals surface area contributed by atoms with Gasteiger partial charge in [-0.3, -0.25) is 0 Å². The van der Waals surface area contributed by atoms with E-state index in [2.05, 4.69) is 0 Å². The second-order valence-corrected chi connectivity index (χ2v) is 5.37. The standard InChI is InChI=1S/C12H23NO2/c13-12(9-14)6-5-11(7-12)15-8-10-3-1-2-4-10/h10-11,14H,1-9,13H2. The third-order valence-electron chi connectivity index (χ3n) is 3.96. The largest absolute Gasteiger partial charge is 0.394 e. The first kappa shape index (κ1) is 11.4. The van der Waals surface area contributed by atoms with Gasteiger partial charge < -0.3 is 15.6 Å². The fraction of sp³-hybridized carbons (Fsp3) is 1.00. The fourth-order valence-corrected chi connectivity index (χ4v) is 2.84. The van der Waals surface area contributed by atoms with Crippen molar-refractivity contribution in [3.8, 4) is 0 Å². The molecule has 2 aliphatic carbocycles. The average Bonchev–Trinajstić information content (AvgIpc) is 2.85. The van der Waals surface area contributed by atoms with Gasteiger partial charge in [-0.25, -0.2) is 0 Å². The van der Waals surface area contributed by atoms with Crippen LogP contribution in [-0.4, -0.2) is 30.0 Å². The van der Waals surface area contributed by atoms with Gasteiger partial charge in [-0.2, -0.15) is 0 Å². The molecular formula is C12H23NO2. The summed E-state index contributed by atoms with van der Waals surface area (Å²) in [5.41, 5.74) is 5.64. The van der Waals surface area contributed by atoms with Gasteiger partial charge in [-0.15, -0.1) is 0 Å². The molecule has 0 aliphatic heterocycles. The number of aliphatic hydroxyl groups excluding tert-OH is 1. The summed E-state index contributed by atoms with van der Waals surface area (Å²) in [5, 5.41) is 9.14. The third-order valence-corrected chi connectivity index (χ3v) is 3.96. The Kier molecular flexibility index (Phi) is 3.65. The molecule has 0 saturated heterocycles. The molecule has 2 fully saturated rings. The molecule has 3 N–H and O–H groups in total. The highest BCUT2D eigenvalue weighted by atomic mass is 16.5. The molecule has 88 valence electrons. The normalized spacial score (nSPS) is 37.6. The van der Waals surface area contributed by atoms with Gasteiger partial charge in [0.2, 0.25) is 0 Å². The van der Waals surface area contributed by atoms with E-state index in [4.69, 9.17) is 15.6 Å². The first-order valence-corrected chi connectivity index (χ1v) is 6.23. The van der Waals surface area contributed by atoms with Crippen LogP contribution in [0.1, 0.15) is 44.9 Å². The Morgan fingerprint density at radius 2 is 2.00 bits per heavy atom. The molecule has 0 aromatic carbocycles. The van der Waals surface area contributed by atoms with Crippen LogP contribution in [0, 0.1) is 5.92 Å². The van der Waals surface area contributed by atoms with Crippen molar-refractivity contribution in [2.24, 2.45) is 11.7 Å². The summed E-state index contributed by atoms with van der Waals surface area (Å²) in [6.45, 7) is 1.00. The van der Waals surface area contributed by atoms with Crippen LogP contribution in [0.3, 0.4) is 0 Å². The summed E-state index contributed by atoms with van der Waals surface area (Å²) in [4.78, 5) is 0. The maximum atomic E-state index is 9.14. The summed E-state index contributed by atoms with van der Waals surface area (Å²) in [6.07, 6.45) is 8.45. The fourth-order valence-electron chi connectivity index (χ4n) is 2.84. The summed E-state index contributed by atoms with van der Waals surface area (Å²) < 4.78 is 5.89. The highest BCUT2D eigenvalue weighted by Gasteiger charge is 2.36. The summed E-state index contributed by atoms with van der Waals surface area (Å²) in [5.74, 6) is 0.784. The minimum absolute atomic E-state index is 0.0935. The minimum Gasteiger partial charge on any atom is -0.394 e. The van der Waals surface area contributed by atoms with Crippen molar-refractivity contribution < 1.29 is 9.84 Å². The van der Waals surface area contributed by atoms with E-state index in [0.717, 1.165) is 31.8 Å². The predicted octanol–water partition coefficient (Wildman–Crippen LogP) is 1.44. The van der Waals surface area contributed by atoms with Gasteiger partial charge in [-0.05, 0) is 38.0 Å². The molecule has 2 atom stereocenters. The van der Waals surface area contributed by atoms with E-state index in [1.807, 2.05) is 0 Å². The number of rotatable bonds is 4. The van der Waals surface area contributed by atoms with E-state index in [0.29, 0.717) is 6.10 Å². The highest BCUT2D eigenvalue weighted by Crippen LogP contribution is 2.31. The number of ether oxygens (including phenoxy) is 1. The van der Waals surface area contributed by atoms with E-state index >= 15 is 0 Å². The average molecular weight is 213 g/mol. The molecule has 0 aromatic heterocycles. The molecule has 2 saturated carbocycles. The van der Waals surface area contributed by atoms with Crippen LogP contribution in [0.2, 0.25) is 0 Å². The molecule has 0 bridgehead atoms. The van der Waals surface area contributed by atoms with E-state index < -0.39 is 0 Å². The summed E-state index contributed by atoms with van der Waals surface area (Å²) in [6, 6.07) is 0.